The van der Waals surface area contributed by atoms with Gasteiger partial charge in [-0.3, -0.25) is 9.78 Å². The molecular weight excluding hydrogens is 197 g/mol. The van der Waals surface area contributed by atoms with E-state index in [1.807, 2.05) is 6.92 Å². The normalized spacial score (nSPS) is 9.43. The maximum absolute atomic E-state index is 12.1. The molecule has 0 atom stereocenters. The van der Waals surface area contributed by atoms with Crippen LogP contribution >= 0.6 is 0 Å². The van der Waals surface area contributed by atoms with Crippen molar-refractivity contribution in [1.82, 2.24) is 0 Å². The van der Waals surface area contributed by atoms with Crippen molar-refractivity contribution in [2.75, 3.05) is 0 Å². The van der Waals surface area contributed by atoms with Crippen molar-refractivity contribution in [1.29, 1.82) is 0 Å². The van der Waals surface area contributed by atoms with Crippen molar-refractivity contribution in [2.24, 2.45) is 0 Å². The van der Waals surface area contributed by atoms with Crippen LogP contribution in [0.5, 0.6) is 5.75 Å². The first-order valence-corrected chi connectivity index (χ1v) is 3.71. The van der Waals surface area contributed by atoms with Gasteiger partial charge in [-0.25, -0.2) is 0 Å². The van der Waals surface area contributed by atoms with Gasteiger partial charge in [0.2, 0.25) is 0 Å². The summed E-state index contributed by atoms with van der Waals surface area (Å²) in [5, 5.41) is 0. The molecule has 0 aromatic heterocycles. The van der Waals surface area contributed by atoms with Gasteiger partial charge in [-0.15, -0.1) is 0 Å². The third kappa shape index (κ3) is 3.01. The molecule has 0 fully saturated rings. The minimum Gasteiger partial charge on any atom is -0.287 e. The molecule has 1 aromatic rings. The van der Waals surface area contributed by atoms with E-state index in [1.165, 1.54) is 12.1 Å². The van der Waals surface area contributed by atoms with Crippen molar-refractivity contribution in [2.45, 2.75) is 6.92 Å². The Morgan fingerprint density at radius 1 is 1.07 bits per heavy atom. The standard InChI is InChI=1S/C9H7F3O2/c1-6-2-4-7(5-3-6)13-14-9(12)8(10)11/h2-5H,1H3. The van der Waals surface area contributed by atoms with Crippen molar-refractivity contribution in [3.05, 3.63) is 41.9 Å². The number of hydrogen-bond donors (Lipinski definition) is 0. The van der Waals surface area contributed by atoms with E-state index in [9.17, 15) is 13.2 Å². The van der Waals surface area contributed by atoms with Crippen molar-refractivity contribution in [3.63, 3.8) is 0 Å². The van der Waals surface area contributed by atoms with E-state index in [-0.39, 0.29) is 5.75 Å². The fourth-order valence-corrected chi connectivity index (χ4v) is 0.710. The average molecular weight is 204 g/mol. The highest BCUT2D eigenvalue weighted by Crippen LogP contribution is 2.16. The number of halogens is 3. The fourth-order valence-electron chi connectivity index (χ4n) is 0.710. The van der Waals surface area contributed by atoms with E-state index in [0.29, 0.717) is 0 Å². The van der Waals surface area contributed by atoms with Gasteiger partial charge in [0, 0.05) is 0 Å². The lowest BCUT2D eigenvalue weighted by Gasteiger charge is -2.02. The lowest BCUT2D eigenvalue weighted by atomic mass is 10.2. The van der Waals surface area contributed by atoms with E-state index in [4.69, 9.17) is 0 Å². The second-order valence-corrected chi connectivity index (χ2v) is 2.51. The van der Waals surface area contributed by atoms with Crippen LogP contribution in [-0.2, 0) is 4.89 Å². The maximum atomic E-state index is 12.1. The first kappa shape index (κ1) is 10.4. The van der Waals surface area contributed by atoms with Crippen LogP contribution in [0.2, 0.25) is 0 Å². The third-order valence-electron chi connectivity index (χ3n) is 1.38. The summed E-state index contributed by atoms with van der Waals surface area (Å²) in [5.74, 6) is 0.145. The molecule has 0 aliphatic rings. The van der Waals surface area contributed by atoms with Crippen LogP contribution in [0, 0.1) is 6.92 Å². The molecule has 0 N–H and O–H groups in total. The Labute approximate surface area is 78.5 Å². The molecule has 0 saturated heterocycles. The molecule has 0 radical (unpaired) electrons. The second-order valence-electron chi connectivity index (χ2n) is 2.51. The Morgan fingerprint density at radius 3 is 2.14 bits per heavy atom. The topological polar surface area (TPSA) is 18.5 Å². The SMILES string of the molecule is Cc1ccc(OOC(F)=C(F)F)cc1. The van der Waals surface area contributed by atoms with Gasteiger partial charge >= 0.3 is 12.1 Å². The smallest absolute Gasteiger partial charge is 0.287 e. The van der Waals surface area contributed by atoms with Gasteiger partial charge in [-0.05, 0) is 19.1 Å². The molecule has 0 aliphatic carbocycles. The molecule has 1 rings (SSSR count). The minimum absolute atomic E-state index is 0.145. The van der Waals surface area contributed by atoms with Crippen LogP contribution < -0.4 is 4.89 Å². The van der Waals surface area contributed by atoms with Crippen LogP contribution in [0.15, 0.2) is 36.4 Å². The van der Waals surface area contributed by atoms with Gasteiger partial charge in [0.05, 0.1) is 0 Å². The predicted octanol–water partition coefficient (Wildman–Crippen LogP) is 3.34. The van der Waals surface area contributed by atoms with Crippen LogP contribution in [0.25, 0.3) is 0 Å². The Kier molecular flexibility index (Phi) is 3.39. The molecule has 0 aliphatic heterocycles. The van der Waals surface area contributed by atoms with E-state index in [0.717, 1.165) is 5.56 Å². The summed E-state index contributed by atoms with van der Waals surface area (Å²) in [4.78, 5) is 7.96. The predicted molar refractivity (Wildman–Crippen MR) is 43.2 cm³/mol. The number of rotatable bonds is 3. The minimum atomic E-state index is -2.56. The zero-order valence-electron chi connectivity index (χ0n) is 7.26. The second kappa shape index (κ2) is 4.55. The monoisotopic (exact) mass is 204 g/mol. The third-order valence-corrected chi connectivity index (χ3v) is 1.38. The number of benzene rings is 1. The highest BCUT2D eigenvalue weighted by Gasteiger charge is 2.07. The molecule has 0 amide bonds. The molecule has 14 heavy (non-hydrogen) atoms. The zero-order valence-corrected chi connectivity index (χ0v) is 7.26. The highest BCUT2D eigenvalue weighted by molar-refractivity contribution is 5.25. The number of aryl methyl sites for hydroxylation is 1. The average Bonchev–Trinajstić information content (AvgIpc) is 2.16. The summed E-state index contributed by atoms with van der Waals surface area (Å²) in [5.41, 5.74) is 0.963. The van der Waals surface area contributed by atoms with Gasteiger partial charge in [-0.1, -0.05) is 17.7 Å². The molecule has 0 spiro atoms. The van der Waals surface area contributed by atoms with Crippen LogP contribution in [0.1, 0.15) is 5.56 Å². The van der Waals surface area contributed by atoms with Crippen molar-refractivity contribution < 1.29 is 22.9 Å². The van der Waals surface area contributed by atoms with E-state index < -0.39 is 12.1 Å². The van der Waals surface area contributed by atoms with Gasteiger partial charge in [0.25, 0.3) is 0 Å². The summed E-state index contributed by atoms with van der Waals surface area (Å²) >= 11 is 0. The molecule has 0 saturated carbocycles. The summed E-state index contributed by atoms with van der Waals surface area (Å²) in [6.45, 7) is 1.84. The quantitative estimate of drug-likeness (QED) is 0.427. The van der Waals surface area contributed by atoms with E-state index >= 15 is 0 Å². The van der Waals surface area contributed by atoms with Crippen LogP contribution in [0.3, 0.4) is 0 Å². The van der Waals surface area contributed by atoms with Gasteiger partial charge in [-0.2, -0.15) is 13.2 Å². The van der Waals surface area contributed by atoms with Crippen LogP contribution in [-0.4, -0.2) is 0 Å². The first-order valence-electron chi connectivity index (χ1n) is 3.71. The Bertz CT molecular complexity index is 328. The first-order chi connectivity index (χ1) is 6.59. The largest absolute Gasteiger partial charge is 0.389 e. The van der Waals surface area contributed by atoms with Gasteiger partial charge in [0.1, 0.15) is 0 Å². The Hall–Kier alpha value is -1.65. The summed E-state index contributed by atoms with van der Waals surface area (Å²) in [6.07, 6.45) is -2.56. The van der Waals surface area contributed by atoms with Crippen molar-refractivity contribution in [3.8, 4) is 5.75 Å². The molecule has 0 heterocycles. The van der Waals surface area contributed by atoms with Gasteiger partial charge in [0.15, 0.2) is 5.75 Å². The fraction of sp³-hybridized carbons (Fsp3) is 0.111. The molecule has 76 valence electrons. The molecule has 0 bridgehead atoms. The summed E-state index contributed by atoms with van der Waals surface area (Å²) in [7, 11) is 0. The highest BCUT2D eigenvalue weighted by atomic mass is 19.3. The maximum Gasteiger partial charge on any atom is 0.389 e. The van der Waals surface area contributed by atoms with E-state index in [1.54, 1.807) is 12.1 Å². The Balaban J connectivity index is 2.54. The molecule has 1 aromatic carbocycles. The van der Waals surface area contributed by atoms with Crippen LogP contribution in [0.4, 0.5) is 13.2 Å². The van der Waals surface area contributed by atoms with Gasteiger partial charge < -0.3 is 0 Å². The molecule has 5 heteroatoms. The Morgan fingerprint density at radius 2 is 1.64 bits per heavy atom. The van der Waals surface area contributed by atoms with Crippen molar-refractivity contribution >= 4 is 0 Å². The lowest BCUT2D eigenvalue weighted by Crippen LogP contribution is -1.94. The molecule has 2 nitrogen and oxygen atoms in total. The number of hydrogen-bond acceptors (Lipinski definition) is 2. The van der Waals surface area contributed by atoms with E-state index in [2.05, 4.69) is 9.78 Å². The summed E-state index contributed by atoms with van der Waals surface area (Å²) < 4.78 is 35.1. The zero-order chi connectivity index (χ0) is 10.6. The molecular formula is C9H7F3O2. The lowest BCUT2D eigenvalue weighted by molar-refractivity contribution is -0.192. The summed E-state index contributed by atoms with van der Waals surface area (Å²) in [6, 6.07) is 4.25. The molecule has 0 unspecified atom stereocenters.